The van der Waals surface area contributed by atoms with Crippen LogP contribution in [0.5, 0.6) is 5.75 Å². The highest BCUT2D eigenvalue weighted by Crippen LogP contribution is 2.20. The molecule has 4 rings (SSSR count). The molecule has 1 N–H and O–H groups in total. The zero-order chi connectivity index (χ0) is 20.6. The van der Waals surface area contributed by atoms with Gasteiger partial charge in [0.15, 0.2) is 5.96 Å². The van der Waals surface area contributed by atoms with Gasteiger partial charge in [-0.15, -0.1) is 24.0 Å². The fourth-order valence-electron chi connectivity index (χ4n) is 4.15. The van der Waals surface area contributed by atoms with E-state index >= 15 is 0 Å². The number of halogens is 1. The van der Waals surface area contributed by atoms with Crippen LogP contribution in [0.2, 0.25) is 0 Å². The van der Waals surface area contributed by atoms with Crippen LogP contribution in [-0.2, 0) is 6.54 Å². The Balaban J connectivity index is 0.00000272. The van der Waals surface area contributed by atoms with E-state index in [1.165, 1.54) is 18.4 Å². The maximum absolute atomic E-state index is 6.14. The van der Waals surface area contributed by atoms with Crippen molar-refractivity contribution >= 4 is 35.8 Å². The minimum Gasteiger partial charge on any atom is -0.490 e. The number of anilines is 1. The zero-order valence-electron chi connectivity index (χ0n) is 18.4. The van der Waals surface area contributed by atoms with Crippen LogP contribution < -0.4 is 15.0 Å². The first-order chi connectivity index (χ1) is 14.8. The van der Waals surface area contributed by atoms with Gasteiger partial charge in [-0.3, -0.25) is 0 Å². The van der Waals surface area contributed by atoms with Crippen molar-refractivity contribution in [2.45, 2.75) is 45.3 Å². The second-order valence-corrected chi connectivity index (χ2v) is 8.00. The van der Waals surface area contributed by atoms with Gasteiger partial charge in [0.2, 0.25) is 0 Å². The molecule has 1 aromatic carbocycles. The number of likely N-dealkylation sites (tertiary alicyclic amines) is 1. The summed E-state index contributed by atoms with van der Waals surface area (Å²) in [7, 11) is 0. The van der Waals surface area contributed by atoms with Gasteiger partial charge < -0.3 is 19.9 Å². The third-order valence-corrected chi connectivity index (χ3v) is 5.77. The van der Waals surface area contributed by atoms with Crippen molar-refractivity contribution in [3.8, 4) is 5.75 Å². The Kier molecular flexibility index (Phi) is 9.24. The predicted molar refractivity (Wildman–Crippen MR) is 138 cm³/mol. The first-order valence-corrected chi connectivity index (χ1v) is 11.3. The molecule has 3 heterocycles. The van der Waals surface area contributed by atoms with E-state index in [4.69, 9.17) is 9.73 Å². The molecule has 31 heavy (non-hydrogen) atoms. The zero-order valence-corrected chi connectivity index (χ0v) is 20.7. The van der Waals surface area contributed by atoms with Crippen molar-refractivity contribution in [1.29, 1.82) is 0 Å². The standard InChI is InChI=1S/C24H33N5O.HI/c1-2-25-24(27-19-20-10-13-26-23(18-20)28-14-6-7-15-28)29-16-11-22(12-17-29)30-21-8-4-3-5-9-21;/h3-5,8-10,13,18,22H,2,6-7,11-12,14-17,19H2,1H3,(H,25,27);1H. The highest BCUT2D eigenvalue weighted by atomic mass is 127. The monoisotopic (exact) mass is 535 g/mol. The lowest BCUT2D eigenvalue weighted by Crippen LogP contribution is -2.47. The van der Waals surface area contributed by atoms with E-state index < -0.39 is 0 Å². The van der Waals surface area contributed by atoms with Gasteiger partial charge in [0.25, 0.3) is 0 Å². The summed E-state index contributed by atoms with van der Waals surface area (Å²) in [5.74, 6) is 3.04. The van der Waals surface area contributed by atoms with Crippen LogP contribution in [0.15, 0.2) is 53.7 Å². The lowest BCUT2D eigenvalue weighted by atomic mass is 10.1. The minimum atomic E-state index is 0. The molecule has 2 fully saturated rings. The lowest BCUT2D eigenvalue weighted by molar-refractivity contribution is 0.129. The number of nitrogens with zero attached hydrogens (tertiary/aromatic N) is 4. The highest BCUT2D eigenvalue weighted by molar-refractivity contribution is 14.0. The number of guanidine groups is 1. The van der Waals surface area contributed by atoms with E-state index in [0.29, 0.717) is 6.54 Å². The third-order valence-electron chi connectivity index (χ3n) is 5.77. The normalized spacial score (nSPS) is 17.4. The molecule has 6 nitrogen and oxygen atoms in total. The van der Waals surface area contributed by atoms with Gasteiger partial charge in [-0.05, 0) is 49.6 Å². The van der Waals surface area contributed by atoms with Crippen LogP contribution in [0, 0.1) is 0 Å². The van der Waals surface area contributed by atoms with Crippen LogP contribution in [0.1, 0.15) is 38.2 Å². The van der Waals surface area contributed by atoms with E-state index in [1.54, 1.807) is 0 Å². The number of aromatic nitrogens is 1. The Labute approximate surface area is 203 Å². The number of piperidine rings is 1. The summed E-state index contributed by atoms with van der Waals surface area (Å²) >= 11 is 0. The minimum absolute atomic E-state index is 0. The van der Waals surface area contributed by atoms with Crippen molar-refractivity contribution in [1.82, 2.24) is 15.2 Å². The molecule has 2 saturated heterocycles. The van der Waals surface area contributed by atoms with Crippen LogP contribution >= 0.6 is 24.0 Å². The van der Waals surface area contributed by atoms with Gasteiger partial charge in [-0.2, -0.15) is 0 Å². The molecule has 0 saturated carbocycles. The van der Waals surface area contributed by atoms with Crippen molar-refractivity contribution in [2.75, 3.05) is 37.6 Å². The van der Waals surface area contributed by atoms with Crippen LogP contribution in [0.3, 0.4) is 0 Å². The SMILES string of the molecule is CCNC(=NCc1ccnc(N2CCCC2)c1)N1CCC(Oc2ccccc2)CC1.I. The maximum Gasteiger partial charge on any atom is 0.194 e. The van der Waals surface area contributed by atoms with Crippen molar-refractivity contribution in [3.63, 3.8) is 0 Å². The molecule has 1 aromatic heterocycles. The smallest absolute Gasteiger partial charge is 0.194 e. The number of aliphatic imine (C=N–C) groups is 1. The number of para-hydroxylation sites is 1. The predicted octanol–water partition coefficient (Wildman–Crippen LogP) is 4.31. The first kappa shape index (κ1) is 23.6. The van der Waals surface area contributed by atoms with Gasteiger partial charge in [-0.25, -0.2) is 9.98 Å². The van der Waals surface area contributed by atoms with Gasteiger partial charge in [0.1, 0.15) is 17.7 Å². The molecule has 0 amide bonds. The number of hydrogen-bond donors (Lipinski definition) is 1. The number of hydrogen-bond acceptors (Lipinski definition) is 4. The maximum atomic E-state index is 6.14. The second-order valence-electron chi connectivity index (χ2n) is 8.00. The Bertz CT molecular complexity index is 818. The molecule has 2 aliphatic rings. The topological polar surface area (TPSA) is 53.0 Å². The van der Waals surface area contributed by atoms with Gasteiger partial charge in [0, 0.05) is 51.8 Å². The van der Waals surface area contributed by atoms with E-state index in [-0.39, 0.29) is 30.1 Å². The van der Waals surface area contributed by atoms with Crippen molar-refractivity contribution < 1.29 is 4.74 Å². The quantitative estimate of drug-likeness (QED) is 0.340. The van der Waals surface area contributed by atoms with E-state index in [0.717, 1.165) is 63.1 Å². The molecule has 7 heteroatoms. The molecular formula is C24H34IN5O. The summed E-state index contributed by atoms with van der Waals surface area (Å²) in [4.78, 5) is 14.2. The second kappa shape index (κ2) is 12.1. The summed E-state index contributed by atoms with van der Waals surface area (Å²) < 4.78 is 6.14. The number of benzene rings is 1. The summed E-state index contributed by atoms with van der Waals surface area (Å²) in [5.41, 5.74) is 1.21. The summed E-state index contributed by atoms with van der Waals surface area (Å²) in [6, 6.07) is 14.4. The van der Waals surface area contributed by atoms with Gasteiger partial charge in [-0.1, -0.05) is 18.2 Å². The lowest BCUT2D eigenvalue weighted by Gasteiger charge is -2.34. The average molecular weight is 535 g/mol. The van der Waals surface area contributed by atoms with Crippen LogP contribution in [0.25, 0.3) is 0 Å². The van der Waals surface area contributed by atoms with Crippen LogP contribution in [-0.4, -0.2) is 54.7 Å². The molecule has 0 spiro atoms. The summed E-state index contributed by atoms with van der Waals surface area (Å²) in [6.07, 6.45) is 6.73. The Hall–Kier alpha value is -2.03. The molecule has 168 valence electrons. The molecular weight excluding hydrogens is 501 g/mol. The largest absolute Gasteiger partial charge is 0.490 e. The average Bonchev–Trinajstić information content (AvgIpc) is 3.33. The number of rotatable bonds is 6. The number of ether oxygens (including phenoxy) is 1. The fourth-order valence-corrected chi connectivity index (χ4v) is 4.15. The summed E-state index contributed by atoms with van der Waals surface area (Å²) in [5, 5.41) is 3.47. The Morgan fingerprint density at radius 3 is 2.55 bits per heavy atom. The van der Waals surface area contributed by atoms with Crippen molar-refractivity contribution in [2.24, 2.45) is 4.99 Å². The number of pyridine rings is 1. The van der Waals surface area contributed by atoms with Gasteiger partial charge >= 0.3 is 0 Å². The van der Waals surface area contributed by atoms with Crippen molar-refractivity contribution in [3.05, 3.63) is 54.2 Å². The molecule has 0 bridgehead atoms. The molecule has 0 atom stereocenters. The molecule has 2 aliphatic heterocycles. The molecule has 0 unspecified atom stereocenters. The molecule has 0 aliphatic carbocycles. The fraction of sp³-hybridized carbons (Fsp3) is 0.500. The third kappa shape index (κ3) is 6.72. The molecule has 0 radical (unpaired) electrons. The Morgan fingerprint density at radius 1 is 1.10 bits per heavy atom. The number of nitrogens with one attached hydrogen (secondary N) is 1. The van der Waals surface area contributed by atoms with E-state index in [1.807, 2.05) is 36.5 Å². The highest BCUT2D eigenvalue weighted by Gasteiger charge is 2.22. The first-order valence-electron chi connectivity index (χ1n) is 11.3. The Morgan fingerprint density at radius 2 is 1.84 bits per heavy atom. The van der Waals surface area contributed by atoms with E-state index in [2.05, 4.69) is 39.2 Å². The van der Waals surface area contributed by atoms with E-state index in [9.17, 15) is 0 Å². The van der Waals surface area contributed by atoms with Gasteiger partial charge in [0.05, 0.1) is 6.54 Å². The summed E-state index contributed by atoms with van der Waals surface area (Å²) in [6.45, 7) is 7.81. The molecule has 2 aromatic rings. The van der Waals surface area contributed by atoms with Crippen LogP contribution in [0.4, 0.5) is 5.82 Å².